The Labute approximate surface area is 208 Å². The second kappa shape index (κ2) is 9.18. The molecule has 0 aliphatic carbocycles. The van der Waals surface area contributed by atoms with Crippen molar-refractivity contribution in [1.82, 2.24) is 15.2 Å². The van der Waals surface area contributed by atoms with Gasteiger partial charge in [0.2, 0.25) is 0 Å². The number of hydrogen-bond acceptors (Lipinski definition) is 4. The Morgan fingerprint density at radius 2 is 1.86 bits per heavy atom. The second-order valence-electron chi connectivity index (χ2n) is 11.3. The Balaban J connectivity index is 1.35. The zero-order chi connectivity index (χ0) is 24.0. The van der Waals surface area contributed by atoms with Gasteiger partial charge in [0.05, 0.1) is 11.2 Å². The third-order valence-corrected chi connectivity index (χ3v) is 8.70. The molecule has 0 bridgehead atoms. The minimum Gasteiger partial charge on any atom is -0.370 e. The molecule has 0 radical (unpaired) electrons. The maximum atomic E-state index is 14.9. The molecule has 3 aliphatic rings. The highest BCUT2D eigenvalue weighted by molar-refractivity contribution is 5.95. The molecule has 2 aromatic carbocycles. The number of pyridine rings is 1. The van der Waals surface area contributed by atoms with E-state index in [1.54, 1.807) is 6.07 Å². The lowest BCUT2D eigenvalue weighted by Gasteiger charge is -2.27. The van der Waals surface area contributed by atoms with Crippen molar-refractivity contribution in [3.05, 3.63) is 59.4 Å². The number of halogens is 1. The van der Waals surface area contributed by atoms with Crippen molar-refractivity contribution in [2.45, 2.75) is 39.0 Å². The van der Waals surface area contributed by atoms with Crippen LogP contribution in [0.25, 0.3) is 22.2 Å². The number of nitrogens with zero attached hydrogens (tertiary/aromatic N) is 3. The van der Waals surface area contributed by atoms with Crippen LogP contribution in [0.3, 0.4) is 0 Å². The van der Waals surface area contributed by atoms with Gasteiger partial charge in [-0.3, -0.25) is 0 Å². The number of fused-ring (bicyclic) bond motifs is 1. The van der Waals surface area contributed by atoms with Crippen molar-refractivity contribution in [2.75, 3.05) is 51.2 Å². The van der Waals surface area contributed by atoms with Gasteiger partial charge < -0.3 is 15.1 Å². The zero-order valence-electron chi connectivity index (χ0n) is 21.1. The number of rotatable bonds is 6. The van der Waals surface area contributed by atoms with Crippen molar-refractivity contribution in [3.63, 3.8) is 0 Å². The van der Waals surface area contributed by atoms with Crippen molar-refractivity contribution >= 4 is 16.6 Å². The first-order valence-corrected chi connectivity index (χ1v) is 13.4. The monoisotopic (exact) mass is 472 g/mol. The molecule has 35 heavy (non-hydrogen) atoms. The van der Waals surface area contributed by atoms with Gasteiger partial charge in [-0.05, 0) is 94.0 Å². The molecule has 1 spiro atoms. The Hall–Kier alpha value is -2.50. The zero-order valence-corrected chi connectivity index (χ0v) is 21.1. The lowest BCUT2D eigenvalue weighted by molar-refractivity contribution is 0.312. The molecule has 3 aromatic rings. The predicted molar refractivity (Wildman–Crippen MR) is 143 cm³/mol. The molecule has 3 aliphatic heterocycles. The summed E-state index contributed by atoms with van der Waals surface area (Å²) in [6, 6.07) is 14.9. The molecule has 1 unspecified atom stereocenters. The molecular formula is C30H37FN4. The summed E-state index contributed by atoms with van der Waals surface area (Å²) in [7, 11) is 2.23. The summed E-state index contributed by atoms with van der Waals surface area (Å²) in [5.41, 5.74) is 6.67. The first-order chi connectivity index (χ1) is 17.0. The smallest absolute Gasteiger partial charge is 0.127 e. The normalized spacial score (nSPS) is 23.0. The average molecular weight is 473 g/mol. The lowest BCUT2D eigenvalue weighted by atomic mass is 9.86. The van der Waals surface area contributed by atoms with Crippen molar-refractivity contribution in [1.29, 1.82) is 0 Å². The van der Waals surface area contributed by atoms with Gasteiger partial charge in [-0.2, -0.15) is 0 Å². The number of aryl methyl sites for hydroxylation is 2. The first-order valence-electron chi connectivity index (χ1n) is 13.4. The van der Waals surface area contributed by atoms with Gasteiger partial charge in [-0.1, -0.05) is 31.2 Å². The van der Waals surface area contributed by atoms with Gasteiger partial charge in [0.1, 0.15) is 5.82 Å². The third-order valence-electron chi connectivity index (χ3n) is 8.70. The average Bonchev–Trinajstić information content (AvgIpc) is 3.42. The fraction of sp³-hybridized carbons (Fsp3) is 0.500. The van der Waals surface area contributed by atoms with Crippen LogP contribution in [0.4, 0.5) is 10.1 Å². The minimum atomic E-state index is -0.115. The Kier molecular flexibility index (Phi) is 6.01. The summed E-state index contributed by atoms with van der Waals surface area (Å²) < 4.78 is 14.9. The fourth-order valence-electron chi connectivity index (χ4n) is 6.35. The molecule has 4 heterocycles. The van der Waals surface area contributed by atoms with Crippen LogP contribution in [0.15, 0.2) is 42.5 Å². The second-order valence-corrected chi connectivity index (χ2v) is 11.3. The molecule has 184 valence electrons. The van der Waals surface area contributed by atoms with Gasteiger partial charge in [-0.25, -0.2) is 9.37 Å². The molecule has 5 heteroatoms. The molecule has 1 N–H and O–H groups in total. The van der Waals surface area contributed by atoms with Crippen LogP contribution in [-0.2, 0) is 12.8 Å². The summed E-state index contributed by atoms with van der Waals surface area (Å²) >= 11 is 0. The van der Waals surface area contributed by atoms with E-state index in [4.69, 9.17) is 4.98 Å². The minimum absolute atomic E-state index is 0.115. The van der Waals surface area contributed by atoms with Crippen LogP contribution in [0.1, 0.15) is 37.3 Å². The number of likely N-dealkylation sites (tertiary alicyclic amines) is 1. The molecule has 3 fully saturated rings. The van der Waals surface area contributed by atoms with E-state index < -0.39 is 0 Å². The number of hydrogen-bond donors (Lipinski definition) is 1. The van der Waals surface area contributed by atoms with Crippen LogP contribution in [0.5, 0.6) is 0 Å². The lowest BCUT2D eigenvalue weighted by Crippen LogP contribution is -2.42. The molecule has 0 saturated carbocycles. The predicted octanol–water partition coefficient (Wildman–Crippen LogP) is 5.29. The molecule has 0 amide bonds. The van der Waals surface area contributed by atoms with Gasteiger partial charge in [0, 0.05) is 41.7 Å². The quantitative estimate of drug-likeness (QED) is 0.528. The molecule has 3 saturated heterocycles. The van der Waals surface area contributed by atoms with Crippen molar-refractivity contribution < 1.29 is 4.39 Å². The first kappa shape index (κ1) is 22.9. The van der Waals surface area contributed by atoms with Gasteiger partial charge >= 0.3 is 0 Å². The summed E-state index contributed by atoms with van der Waals surface area (Å²) in [6.45, 7) is 8.74. The Morgan fingerprint density at radius 3 is 2.54 bits per heavy atom. The van der Waals surface area contributed by atoms with Gasteiger partial charge in [-0.15, -0.1) is 0 Å². The van der Waals surface area contributed by atoms with E-state index in [0.717, 1.165) is 78.5 Å². The summed E-state index contributed by atoms with van der Waals surface area (Å²) in [5, 5.41) is 4.30. The van der Waals surface area contributed by atoms with E-state index in [1.165, 1.54) is 31.4 Å². The molecule has 1 atom stereocenters. The maximum Gasteiger partial charge on any atom is 0.127 e. The molecule has 4 nitrogen and oxygen atoms in total. The number of benzene rings is 2. The molecular weight excluding hydrogens is 435 g/mol. The SMILES string of the molecule is CCc1cc2nc(-c3ccc(CCC4CNC4)cc3)cc(N3CCC4(CCN(C)C4)C3)c2cc1F. The van der Waals surface area contributed by atoms with E-state index in [-0.39, 0.29) is 5.82 Å². The third kappa shape index (κ3) is 4.45. The van der Waals surface area contributed by atoms with E-state index in [2.05, 4.69) is 52.5 Å². The number of nitrogens with one attached hydrogen (secondary N) is 1. The topological polar surface area (TPSA) is 31.4 Å². The van der Waals surface area contributed by atoms with E-state index in [0.29, 0.717) is 11.8 Å². The van der Waals surface area contributed by atoms with Crippen LogP contribution in [0, 0.1) is 17.2 Å². The van der Waals surface area contributed by atoms with Crippen LogP contribution in [0.2, 0.25) is 0 Å². The highest BCUT2D eigenvalue weighted by Gasteiger charge is 2.42. The maximum absolute atomic E-state index is 14.9. The number of aromatic nitrogens is 1. The summed E-state index contributed by atoms with van der Waals surface area (Å²) in [5.74, 6) is 0.715. The van der Waals surface area contributed by atoms with Crippen LogP contribution in [-0.4, -0.2) is 56.2 Å². The Morgan fingerprint density at radius 1 is 1.06 bits per heavy atom. The fourth-order valence-corrected chi connectivity index (χ4v) is 6.35. The summed E-state index contributed by atoms with van der Waals surface area (Å²) in [6.07, 6.45) is 5.52. The summed E-state index contributed by atoms with van der Waals surface area (Å²) in [4.78, 5) is 10.00. The standard InChI is InChI=1S/C30H37FN4/c1-3-23-14-28-25(15-26(23)31)29(35-13-11-30(20-35)10-12-34(2)19-30)16-27(33-28)24-8-6-21(7-9-24)4-5-22-17-32-18-22/h6-9,14-16,22,32H,3-5,10-13,17-20H2,1-2H3. The van der Waals surface area contributed by atoms with Gasteiger partial charge in [0.25, 0.3) is 0 Å². The highest BCUT2D eigenvalue weighted by atomic mass is 19.1. The number of anilines is 1. The van der Waals surface area contributed by atoms with E-state index in [1.807, 2.05) is 13.0 Å². The Bertz CT molecular complexity index is 1220. The largest absolute Gasteiger partial charge is 0.370 e. The van der Waals surface area contributed by atoms with Gasteiger partial charge in [0.15, 0.2) is 0 Å². The van der Waals surface area contributed by atoms with Crippen LogP contribution < -0.4 is 10.2 Å². The van der Waals surface area contributed by atoms with Crippen molar-refractivity contribution in [2.24, 2.45) is 11.3 Å². The van der Waals surface area contributed by atoms with E-state index in [9.17, 15) is 4.39 Å². The van der Waals surface area contributed by atoms with Crippen LogP contribution >= 0.6 is 0 Å². The molecule has 1 aromatic heterocycles. The van der Waals surface area contributed by atoms with E-state index >= 15 is 0 Å². The highest BCUT2D eigenvalue weighted by Crippen LogP contribution is 2.43. The molecule has 6 rings (SSSR count). The van der Waals surface area contributed by atoms with Crippen molar-refractivity contribution in [3.8, 4) is 11.3 Å².